The van der Waals surface area contributed by atoms with E-state index in [0.29, 0.717) is 24.6 Å². The first-order valence-corrected chi connectivity index (χ1v) is 7.51. The highest BCUT2D eigenvalue weighted by Crippen LogP contribution is 2.25. The van der Waals surface area contributed by atoms with Crippen LogP contribution in [-0.2, 0) is 22.7 Å². The second kappa shape index (κ2) is 7.75. The maximum absolute atomic E-state index is 11.9. The summed E-state index contributed by atoms with van der Waals surface area (Å²) >= 11 is 0. The maximum atomic E-state index is 11.9. The van der Waals surface area contributed by atoms with Gasteiger partial charge in [0.15, 0.2) is 0 Å². The summed E-state index contributed by atoms with van der Waals surface area (Å²) in [6.07, 6.45) is 9.41. The lowest BCUT2D eigenvalue weighted by Gasteiger charge is -2.13. The van der Waals surface area contributed by atoms with Crippen molar-refractivity contribution in [2.24, 2.45) is 5.92 Å². The molecule has 1 aliphatic rings. The molecule has 2 rings (SSSR count). The number of aromatic nitrogens is 3. The third-order valence-corrected chi connectivity index (χ3v) is 3.80. The maximum Gasteiger partial charge on any atom is 0.325 e. The molecule has 2 N–H and O–H groups in total. The number of hydrogen-bond acceptors (Lipinski definition) is 4. The van der Waals surface area contributed by atoms with Crippen LogP contribution in [0.5, 0.6) is 0 Å². The summed E-state index contributed by atoms with van der Waals surface area (Å²) in [5, 5.41) is 19.0. The zero-order valence-electron chi connectivity index (χ0n) is 12.1. The molecule has 0 spiro atoms. The van der Waals surface area contributed by atoms with Gasteiger partial charge in [-0.3, -0.25) is 9.59 Å². The van der Waals surface area contributed by atoms with Crippen molar-refractivity contribution in [3.8, 4) is 0 Å². The largest absolute Gasteiger partial charge is 0.480 e. The first-order chi connectivity index (χ1) is 10.1. The molecule has 116 valence electrons. The minimum absolute atomic E-state index is 0.0367. The molecular weight excluding hydrogens is 272 g/mol. The predicted octanol–water partition coefficient (Wildman–Crippen LogP) is 1.34. The molecule has 0 aliphatic heterocycles. The molecule has 1 fully saturated rings. The zero-order chi connectivity index (χ0) is 15.1. The van der Waals surface area contributed by atoms with Gasteiger partial charge in [0.1, 0.15) is 12.2 Å². The highest BCUT2D eigenvalue weighted by atomic mass is 16.4. The number of amides is 1. The molecule has 21 heavy (non-hydrogen) atoms. The molecule has 0 atom stereocenters. The van der Waals surface area contributed by atoms with Crippen LogP contribution in [0.2, 0.25) is 0 Å². The highest BCUT2D eigenvalue weighted by Gasteiger charge is 2.16. The van der Waals surface area contributed by atoms with Crippen LogP contribution >= 0.6 is 0 Å². The van der Waals surface area contributed by atoms with Gasteiger partial charge >= 0.3 is 5.97 Å². The number of carboxylic acid groups (broad SMARTS) is 1. The molecule has 7 heteroatoms. The molecule has 0 radical (unpaired) electrons. The number of hydrogen-bond donors (Lipinski definition) is 2. The smallest absolute Gasteiger partial charge is 0.325 e. The van der Waals surface area contributed by atoms with Gasteiger partial charge in [0, 0.05) is 6.42 Å². The highest BCUT2D eigenvalue weighted by molar-refractivity contribution is 5.76. The second-order valence-corrected chi connectivity index (χ2v) is 5.64. The topological polar surface area (TPSA) is 97.1 Å². The van der Waals surface area contributed by atoms with Crippen LogP contribution in [0.1, 0.15) is 50.6 Å². The van der Waals surface area contributed by atoms with Crippen LogP contribution in [-0.4, -0.2) is 32.0 Å². The summed E-state index contributed by atoms with van der Waals surface area (Å²) in [6, 6.07) is 0. The van der Waals surface area contributed by atoms with Crippen LogP contribution in [0, 0.1) is 5.92 Å². The fourth-order valence-electron chi connectivity index (χ4n) is 2.73. The number of carbonyl (C=O) groups excluding carboxylic acids is 1. The van der Waals surface area contributed by atoms with Crippen LogP contribution in [0.25, 0.3) is 0 Å². The fraction of sp³-hybridized carbons (Fsp3) is 0.714. The molecule has 1 aliphatic carbocycles. The van der Waals surface area contributed by atoms with Crippen LogP contribution in [0.15, 0.2) is 6.20 Å². The van der Waals surface area contributed by atoms with Crippen molar-refractivity contribution >= 4 is 11.9 Å². The van der Waals surface area contributed by atoms with Crippen molar-refractivity contribution in [1.29, 1.82) is 0 Å². The van der Waals surface area contributed by atoms with E-state index < -0.39 is 5.97 Å². The summed E-state index contributed by atoms with van der Waals surface area (Å²) < 4.78 is 1.25. The van der Waals surface area contributed by atoms with Crippen molar-refractivity contribution in [2.75, 3.05) is 0 Å². The van der Waals surface area contributed by atoms with Gasteiger partial charge in [0.2, 0.25) is 5.91 Å². The van der Waals surface area contributed by atoms with E-state index >= 15 is 0 Å². The van der Waals surface area contributed by atoms with Gasteiger partial charge in [-0.1, -0.05) is 30.9 Å². The van der Waals surface area contributed by atoms with Crippen molar-refractivity contribution in [2.45, 2.75) is 58.0 Å². The summed E-state index contributed by atoms with van der Waals surface area (Å²) in [6.45, 7) is 0.0776. The molecule has 0 bridgehead atoms. The SMILES string of the molecule is O=C(O)Cn1cc(CNC(=O)CC2CCCCCC2)nn1. The Morgan fingerprint density at radius 1 is 1.29 bits per heavy atom. The van der Waals surface area contributed by atoms with Gasteiger partial charge < -0.3 is 10.4 Å². The Hall–Kier alpha value is -1.92. The molecule has 0 saturated heterocycles. The van der Waals surface area contributed by atoms with Crippen molar-refractivity contribution in [1.82, 2.24) is 20.3 Å². The molecule has 7 nitrogen and oxygen atoms in total. The van der Waals surface area contributed by atoms with Gasteiger partial charge in [-0.25, -0.2) is 4.68 Å². The molecule has 1 saturated carbocycles. The van der Waals surface area contributed by atoms with Gasteiger partial charge in [-0.2, -0.15) is 0 Å². The average Bonchev–Trinajstić information content (AvgIpc) is 2.70. The Morgan fingerprint density at radius 2 is 2.00 bits per heavy atom. The van der Waals surface area contributed by atoms with Crippen molar-refractivity contribution in [3.63, 3.8) is 0 Å². The van der Waals surface area contributed by atoms with E-state index in [1.807, 2.05) is 0 Å². The van der Waals surface area contributed by atoms with E-state index in [-0.39, 0.29) is 12.5 Å². The molecule has 1 heterocycles. The Kier molecular flexibility index (Phi) is 5.71. The third kappa shape index (κ3) is 5.53. The summed E-state index contributed by atoms with van der Waals surface area (Å²) in [7, 11) is 0. The zero-order valence-corrected chi connectivity index (χ0v) is 12.1. The summed E-state index contributed by atoms with van der Waals surface area (Å²) in [5.41, 5.74) is 0.575. The van der Waals surface area contributed by atoms with E-state index in [2.05, 4.69) is 15.6 Å². The molecule has 1 aromatic heterocycles. The van der Waals surface area contributed by atoms with Gasteiger partial charge in [-0.05, 0) is 18.8 Å². The van der Waals surface area contributed by atoms with E-state index in [1.54, 1.807) is 6.20 Å². The summed E-state index contributed by atoms with van der Waals surface area (Å²) in [4.78, 5) is 22.5. The number of nitrogens with zero attached hydrogens (tertiary/aromatic N) is 3. The number of rotatable bonds is 6. The molecule has 0 unspecified atom stereocenters. The Labute approximate surface area is 123 Å². The van der Waals surface area contributed by atoms with Crippen LogP contribution < -0.4 is 5.32 Å². The number of carbonyl (C=O) groups is 2. The average molecular weight is 294 g/mol. The van der Waals surface area contributed by atoms with E-state index in [0.717, 1.165) is 12.8 Å². The lowest BCUT2D eigenvalue weighted by Crippen LogP contribution is -2.25. The Balaban J connectivity index is 1.72. The van der Waals surface area contributed by atoms with E-state index in [1.165, 1.54) is 30.4 Å². The third-order valence-electron chi connectivity index (χ3n) is 3.80. The van der Waals surface area contributed by atoms with Crippen LogP contribution in [0.4, 0.5) is 0 Å². The van der Waals surface area contributed by atoms with Crippen molar-refractivity contribution < 1.29 is 14.7 Å². The van der Waals surface area contributed by atoms with Crippen LogP contribution in [0.3, 0.4) is 0 Å². The quantitative estimate of drug-likeness (QED) is 0.772. The number of nitrogens with one attached hydrogen (secondary N) is 1. The number of aliphatic carboxylic acids is 1. The van der Waals surface area contributed by atoms with E-state index in [9.17, 15) is 9.59 Å². The lowest BCUT2D eigenvalue weighted by atomic mass is 9.96. The molecule has 0 aromatic carbocycles. The molecular formula is C14H22N4O3. The monoisotopic (exact) mass is 294 g/mol. The Morgan fingerprint density at radius 3 is 2.67 bits per heavy atom. The fourth-order valence-corrected chi connectivity index (χ4v) is 2.73. The van der Waals surface area contributed by atoms with Gasteiger partial charge in [-0.15, -0.1) is 5.10 Å². The molecule has 1 aromatic rings. The van der Waals surface area contributed by atoms with Gasteiger partial charge in [0.05, 0.1) is 12.7 Å². The first-order valence-electron chi connectivity index (χ1n) is 7.51. The first kappa shape index (κ1) is 15.5. The normalized spacial score (nSPS) is 16.4. The van der Waals surface area contributed by atoms with Gasteiger partial charge in [0.25, 0.3) is 0 Å². The standard InChI is InChI=1S/C14H22N4O3/c19-13(7-11-5-3-1-2-4-6-11)15-8-12-9-18(17-16-12)10-14(20)21/h9,11H,1-8,10H2,(H,15,19)(H,20,21). The predicted molar refractivity (Wildman–Crippen MR) is 75.3 cm³/mol. The Bertz CT molecular complexity index is 478. The minimum Gasteiger partial charge on any atom is -0.480 e. The van der Waals surface area contributed by atoms with E-state index in [4.69, 9.17) is 5.11 Å². The summed E-state index contributed by atoms with van der Waals surface area (Å²) in [5.74, 6) is -0.436. The molecule has 1 amide bonds. The number of carboxylic acids is 1. The minimum atomic E-state index is -0.969. The second-order valence-electron chi connectivity index (χ2n) is 5.64. The lowest BCUT2D eigenvalue weighted by molar-refractivity contribution is -0.138. The van der Waals surface area contributed by atoms with Crippen molar-refractivity contribution in [3.05, 3.63) is 11.9 Å².